The average molecular weight is 350 g/mol. The van der Waals surface area contributed by atoms with Crippen LogP contribution < -0.4 is 5.73 Å². The number of rotatable bonds is 3. The summed E-state index contributed by atoms with van der Waals surface area (Å²) in [4.78, 5) is 27.6. The van der Waals surface area contributed by atoms with Gasteiger partial charge in [0.1, 0.15) is 0 Å². The molecule has 4 heteroatoms. The molecule has 1 saturated heterocycles. The fourth-order valence-corrected chi connectivity index (χ4v) is 4.46. The van der Waals surface area contributed by atoms with Gasteiger partial charge < -0.3 is 10.6 Å². The van der Waals surface area contributed by atoms with E-state index in [1.54, 1.807) is 18.7 Å². The summed E-state index contributed by atoms with van der Waals surface area (Å²) < 4.78 is 0. The molecule has 0 unspecified atom stereocenters. The summed E-state index contributed by atoms with van der Waals surface area (Å²) in [5.41, 5.74) is 8.58. The first kappa shape index (κ1) is 17.2. The molecule has 2 aromatic carbocycles. The van der Waals surface area contributed by atoms with Crippen molar-refractivity contribution in [3.63, 3.8) is 0 Å². The number of likely N-dealkylation sites (tertiary alicyclic amines) is 1. The van der Waals surface area contributed by atoms with Crippen molar-refractivity contribution >= 4 is 22.5 Å². The fourth-order valence-electron chi connectivity index (χ4n) is 4.46. The largest absolute Gasteiger partial charge is 0.340 e. The van der Waals surface area contributed by atoms with Gasteiger partial charge in [0.25, 0.3) is 0 Å². The number of hydrogen-bond acceptors (Lipinski definition) is 3. The lowest BCUT2D eigenvalue weighted by Gasteiger charge is -2.35. The Hall–Kier alpha value is -2.20. The molecule has 26 heavy (non-hydrogen) atoms. The van der Waals surface area contributed by atoms with E-state index in [-0.39, 0.29) is 17.6 Å². The third-order valence-electron chi connectivity index (χ3n) is 5.77. The Bertz CT molecular complexity index is 885. The lowest BCUT2D eigenvalue weighted by Crippen LogP contribution is -2.54. The van der Waals surface area contributed by atoms with E-state index >= 15 is 0 Å². The molecule has 1 atom stereocenters. The molecule has 0 aromatic heterocycles. The first-order chi connectivity index (χ1) is 12.4. The number of nitrogens with two attached hydrogens (primary N) is 1. The minimum Gasteiger partial charge on any atom is -0.340 e. The highest BCUT2D eigenvalue weighted by Crippen LogP contribution is 2.34. The Morgan fingerprint density at radius 2 is 1.85 bits per heavy atom. The van der Waals surface area contributed by atoms with Crippen molar-refractivity contribution in [1.29, 1.82) is 0 Å². The maximum absolute atomic E-state index is 13.3. The monoisotopic (exact) mass is 350 g/mol. The van der Waals surface area contributed by atoms with Crippen LogP contribution in [-0.2, 0) is 17.6 Å². The van der Waals surface area contributed by atoms with Gasteiger partial charge in [-0.3, -0.25) is 9.59 Å². The summed E-state index contributed by atoms with van der Waals surface area (Å²) in [5.74, 6) is -0.0585. The van der Waals surface area contributed by atoms with Crippen LogP contribution in [0.5, 0.6) is 0 Å². The molecule has 4 nitrogen and oxygen atoms in total. The standard InChI is InChI=1S/C22H26N2O2/c1-22(2,23)21(26)24-12-4-6-16(13-24)20(25)18-11-10-15-9-8-14-5-3-7-17(18)19(14)15/h3,5,7,10-11,16H,4,6,8-9,12-13,23H2,1-2H3/t16-/m1/s1. The van der Waals surface area contributed by atoms with Gasteiger partial charge in [-0.1, -0.05) is 30.3 Å². The maximum atomic E-state index is 13.3. The zero-order chi connectivity index (χ0) is 18.5. The van der Waals surface area contributed by atoms with Gasteiger partial charge in [-0.05, 0) is 61.4 Å². The zero-order valence-electron chi connectivity index (χ0n) is 15.5. The van der Waals surface area contributed by atoms with Crippen LogP contribution in [0.1, 0.15) is 48.2 Å². The molecule has 0 bridgehead atoms. The van der Waals surface area contributed by atoms with Gasteiger partial charge in [-0.25, -0.2) is 0 Å². The van der Waals surface area contributed by atoms with Crippen LogP contribution in [0.3, 0.4) is 0 Å². The maximum Gasteiger partial charge on any atom is 0.242 e. The number of carbonyl (C=O) groups is 2. The lowest BCUT2D eigenvalue weighted by atomic mass is 9.86. The number of benzene rings is 2. The number of ketones is 1. The molecule has 0 saturated carbocycles. The number of piperidine rings is 1. The van der Waals surface area contributed by atoms with E-state index in [4.69, 9.17) is 5.73 Å². The van der Waals surface area contributed by atoms with E-state index in [0.29, 0.717) is 13.1 Å². The SMILES string of the molecule is CC(C)(N)C(=O)N1CCC[C@@H](C(=O)c2ccc3c4c(cccc24)CC3)C1. The minimum atomic E-state index is -0.896. The number of nitrogens with zero attached hydrogens (tertiary/aromatic N) is 1. The van der Waals surface area contributed by atoms with Gasteiger partial charge in [0, 0.05) is 24.6 Å². The lowest BCUT2D eigenvalue weighted by molar-refractivity contribution is -0.137. The van der Waals surface area contributed by atoms with Crippen LogP contribution in [0.25, 0.3) is 10.8 Å². The first-order valence-corrected chi connectivity index (χ1v) is 9.52. The van der Waals surface area contributed by atoms with E-state index < -0.39 is 5.54 Å². The van der Waals surface area contributed by atoms with E-state index in [1.807, 2.05) is 6.07 Å². The zero-order valence-corrected chi connectivity index (χ0v) is 15.5. The van der Waals surface area contributed by atoms with E-state index in [2.05, 4.69) is 24.3 Å². The summed E-state index contributed by atoms with van der Waals surface area (Å²) in [6, 6.07) is 10.4. The van der Waals surface area contributed by atoms with Gasteiger partial charge in [-0.15, -0.1) is 0 Å². The topological polar surface area (TPSA) is 63.4 Å². The van der Waals surface area contributed by atoms with Gasteiger partial charge in [0.05, 0.1) is 5.54 Å². The molecular weight excluding hydrogens is 324 g/mol. The highest BCUT2D eigenvalue weighted by atomic mass is 16.2. The normalized spacial score (nSPS) is 19.8. The van der Waals surface area contributed by atoms with Gasteiger partial charge in [0.15, 0.2) is 5.78 Å². The number of amides is 1. The van der Waals surface area contributed by atoms with Crippen LogP contribution >= 0.6 is 0 Å². The highest BCUT2D eigenvalue weighted by Gasteiger charge is 2.34. The van der Waals surface area contributed by atoms with Gasteiger partial charge in [0.2, 0.25) is 5.91 Å². The van der Waals surface area contributed by atoms with Crippen LogP contribution in [0.4, 0.5) is 0 Å². The molecule has 0 spiro atoms. The Morgan fingerprint density at radius 3 is 2.58 bits per heavy atom. The smallest absolute Gasteiger partial charge is 0.242 e. The van der Waals surface area contributed by atoms with Crippen LogP contribution in [-0.4, -0.2) is 35.2 Å². The Balaban J connectivity index is 1.65. The van der Waals surface area contributed by atoms with Crippen molar-refractivity contribution < 1.29 is 9.59 Å². The van der Waals surface area contributed by atoms with Crippen molar-refractivity contribution in [2.75, 3.05) is 13.1 Å². The second kappa shape index (κ2) is 6.20. The summed E-state index contributed by atoms with van der Waals surface area (Å²) in [5, 5.41) is 2.34. The fraction of sp³-hybridized carbons (Fsp3) is 0.455. The third-order valence-corrected chi connectivity index (χ3v) is 5.77. The molecule has 1 aliphatic carbocycles. The predicted molar refractivity (Wildman–Crippen MR) is 103 cm³/mol. The van der Waals surface area contributed by atoms with Crippen molar-refractivity contribution in [2.45, 2.75) is 45.1 Å². The molecule has 136 valence electrons. The predicted octanol–water partition coefficient (Wildman–Crippen LogP) is 3.10. The molecule has 1 heterocycles. The summed E-state index contributed by atoms with van der Waals surface area (Å²) in [7, 11) is 0. The molecule has 2 aliphatic rings. The van der Waals surface area contributed by atoms with Crippen molar-refractivity contribution in [3.8, 4) is 0 Å². The Morgan fingerprint density at radius 1 is 1.12 bits per heavy atom. The molecule has 2 N–H and O–H groups in total. The number of carbonyl (C=O) groups excluding carboxylic acids is 2. The van der Waals surface area contributed by atoms with Crippen LogP contribution in [0.15, 0.2) is 30.3 Å². The van der Waals surface area contributed by atoms with E-state index in [1.165, 1.54) is 16.5 Å². The Labute approximate surface area is 154 Å². The molecule has 4 rings (SSSR count). The highest BCUT2D eigenvalue weighted by molar-refractivity contribution is 6.11. The molecule has 1 aliphatic heterocycles. The van der Waals surface area contributed by atoms with Gasteiger partial charge in [-0.2, -0.15) is 0 Å². The second-order valence-corrected chi connectivity index (χ2v) is 8.29. The van der Waals surface area contributed by atoms with E-state index in [9.17, 15) is 9.59 Å². The second-order valence-electron chi connectivity index (χ2n) is 8.29. The molecule has 1 amide bonds. The van der Waals surface area contributed by atoms with Crippen LogP contribution in [0, 0.1) is 5.92 Å². The molecule has 2 aromatic rings. The van der Waals surface area contributed by atoms with E-state index in [0.717, 1.165) is 36.6 Å². The van der Waals surface area contributed by atoms with Gasteiger partial charge >= 0.3 is 0 Å². The van der Waals surface area contributed by atoms with Crippen molar-refractivity contribution in [1.82, 2.24) is 4.90 Å². The van der Waals surface area contributed by atoms with Crippen molar-refractivity contribution in [2.24, 2.45) is 11.7 Å². The van der Waals surface area contributed by atoms with Crippen molar-refractivity contribution in [3.05, 3.63) is 47.0 Å². The first-order valence-electron chi connectivity index (χ1n) is 9.52. The summed E-state index contributed by atoms with van der Waals surface area (Å²) in [6.07, 6.45) is 3.79. The molecular formula is C22H26N2O2. The van der Waals surface area contributed by atoms with Crippen LogP contribution in [0.2, 0.25) is 0 Å². The Kier molecular flexibility index (Phi) is 4.11. The average Bonchev–Trinajstić information content (AvgIpc) is 3.05. The number of aryl methyl sites for hydroxylation is 2. The number of hydrogen-bond donors (Lipinski definition) is 1. The number of Topliss-reactive ketones (excluding diaryl/α,β-unsaturated/α-hetero) is 1. The quantitative estimate of drug-likeness (QED) is 0.865. The summed E-state index contributed by atoms with van der Waals surface area (Å²) in [6.45, 7) is 4.61. The minimum absolute atomic E-state index is 0.0737. The molecule has 0 radical (unpaired) electrons. The third kappa shape index (κ3) is 2.82. The summed E-state index contributed by atoms with van der Waals surface area (Å²) >= 11 is 0. The molecule has 1 fully saturated rings.